The average molecular weight is 420 g/mol. The Balaban J connectivity index is 1.12. The number of nitrogens with zero attached hydrogens (tertiary/aromatic N) is 5. The molecule has 160 valence electrons. The van der Waals surface area contributed by atoms with Gasteiger partial charge >= 0.3 is 6.09 Å². The van der Waals surface area contributed by atoms with Crippen molar-refractivity contribution in [3.05, 3.63) is 59.2 Å². The largest absolute Gasteiger partial charge is 0.449 e. The summed E-state index contributed by atoms with van der Waals surface area (Å²) in [6, 6.07) is 8.27. The van der Waals surface area contributed by atoms with Crippen LogP contribution in [0.25, 0.3) is 0 Å². The van der Waals surface area contributed by atoms with Crippen molar-refractivity contribution >= 4 is 17.7 Å². The van der Waals surface area contributed by atoms with Gasteiger partial charge in [-0.1, -0.05) is 18.2 Å². The monoisotopic (exact) mass is 420 g/mol. The number of fused-ring (bicyclic) bond motifs is 2. The third kappa shape index (κ3) is 4.42. The maximum atomic E-state index is 12.4. The van der Waals surface area contributed by atoms with Gasteiger partial charge in [-0.05, 0) is 24.5 Å². The molecule has 0 saturated heterocycles. The molecule has 31 heavy (non-hydrogen) atoms. The molecule has 10 nitrogen and oxygen atoms in total. The summed E-state index contributed by atoms with van der Waals surface area (Å²) >= 11 is 0. The number of carbonyl (C=O) groups excluding carboxylic acids is 1. The molecule has 0 saturated carbocycles. The lowest BCUT2D eigenvalue weighted by Crippen LogP contribution is -2.37. The number of nitrogens with one attached hydrogen (secondary N) is 3. The third-order valence-corrected chi connectivity index (χ3v) is 5.53. The molecule has 1 unspecified atom stereocenters. The lowest BCUT2D eigenvalue weighted by atomic mass is 10.1. The van der Waals surface area contributed by atoms with Gasteiger partial charge in [0.1, 0.15) is 6.17 Å². The van der Waals surface area contributed by atoms with E-state index in [1.54, 1.807) is 17.3 Å². The molecule has 2 aliphatic heterocycles. The quantitative estimate of drug-likeness (QED) is 0.519. The molecule has 0 radical (unpaired) electrons. The molecule has 4 heterocycles. The first-order chi connectivity index (χ1) is 15.2. The van der Waals surface area contributed by atoms with Crippen molar-refractivity contribution in [1.29, 1.82) is 0 Å². The third-order valence-electron chi connectivity index (χ3n) is 5.53. The number of anilines is 2. The SMILES string of the molecule is O=C(OCCCc1cn[nH]n1)N1CCc2nc(NC3Cc4ccccc4N3)ncc2C1. The second-order valence-corrected chi connectivity index (χ2v) is 7.72. The number of carbonyl (C=O) groups is 1. The molecule has 1 atom stereocenters. The van der Waals surface area contributed by atoms with Crippen LogP contribution in [-0.4, -0.2) is 55.7 Å². The summed E-state index contributed by atoms with van der Waals surface area (Å²) in [6.07, 6.45) is 6.23. The van der Waals surface area contributed by atoms with Crippen LogP contribution in [0, 0.1) is 0 Å². The molecule has 2 aliphatic rings. The van der Waals surface area contributed by atoms with E-state index in [1.165, 1.54) is 5.56 Å². The fourth-order valence-corrected chi connectivity index (χ4v) is 3.93. The predicted octanol–water partition coefficient (Wildman–Crippen LogP) is 2.13. The molecule has 0 aliphatic carbocycles. The Morgan fingerprint density at radius 1 is 1.26 bits per heavy atom. The zero-order valence-corrected chi connectivity index (χ0v) is 17.0. The minimum absolute atomic E-state index is 0.0720. The number of ether oxygens (including phenoxy) is 1. The molecule has 1 aromatic carbocycles. The molecule has 3 aromatic rings. The van der Waals surface area contributed by atoms with E-state index in [0.717, 1.165) is 35.5 Å². The minimum Gasteiger partial charge on any atom is -0.449 e. The summed E-state index contributed by atoms with van der Waals surface area (Å²) in [7, 11) is 0. The highest BCUT2D eigenvalue weighted by Crippen LogP contribution is 2.26. The first kappa shape index (κ1) is 19.3. The van der Waals surface area contributed by atoms with Crippen molar-refractivity contribution in [2.75, 3.05) is 23.8 Å². The summed E-state index contributed by atoms with van der Waals surface area (Å²) in [5.41, 5.74) is 5.23. The number of hydrogen-bond donors (Lipinski definition) is 3. The lowest BCUT2D eigenvalue weighted by Gasteiger charge is -2.27. The Hall–Kier alpha value is -3.69. The highest BCUT2D eigenvalue weighted by molar-refractivity contribution is 5.68. The molecule has 0 fully saturated rings. The van der Waals surface area contributed by atoms with E-state index in [1.807, 2.05) is 12.1 Å². The van der Waals surface area contributed by atoms with Gasteiger partial charge in [0.15, 0.2) is 0 Å². The van der Waals surface area contributed by atoms with Crippen molar-refractivity contribution in [2.45, 2.75) is 38.4 Å². The van der Waals surface area contributed by atoms with Crippen molar-refractivity contribution in [2.24, 2.45) is 0 Å². The highest BCUT2D eigenvalue weighted by atomic mass is 16.6. The van der Waals surface area contributed by atoms with E-state index in [-0.39, 0.29) is 12.3 Å². The second kappa shape index (κ2) is 8.58. The van der Waals surface area contributed by atoms with Gasteiger partial charge in [0, 0.05) is 36.8 Å². The zero-order valence-electron chi connectivity index (χ0n) is 17.0. The molecule has 2 aromatic heterocycles. The molecule has 0 bridgehead atoms. The molecule has 0 spiro atoms. The van der Waals surface area contributed by atoms with Crippen LogP contribution < -0.4 is 10.6 Å². The normalized spacial score (nSPS) is 16.9. The number of aromatic amines is 1. The first-order valence-corrected chi connectivity index (χ1v) is 10.5. The van der Waals surface area contributed by atoms with Crippen LogP contribution in [0.3, 0.4) is 0 Å². The number of rotatable bonds is 6. The maximum absolute atomic E-state index is 12.4. The summed E-state index contributed by atoms with van der Waals surface area (Å²) in [5, 5.41) is 17.1. The van der Waals surface area contributed by atoms with Crippen molar-refractivity contribution in [1.82, 2.24) is 30.3 Å². The topological polar surface area (TPSA) is 121 Å². The van der Waals surface area contributed by atoms with E-state index in [9.17, 15) is 4.79 Å². The van der Waals surface area contributed by atoms with Gasteiger partial charge in [0.2, 0.25) is 5.95 Å². The number of benzene rings is 1. The Bertz CT molecular complexity index is 1030. The van der Waals surface area contributed by atoms with Gasteiger partial charge in [-0.15, -0.1) is 0 Å². The van der Waals surface area contributed by atoms with Gasteiger partial charge in [0.05, 0.1) is 30.7 Å². The van der Waals surface area contributed by atoms with E-state index >= 15 is 0 Å². The average Bonchev–Trinajstić information content (AvgIpc) is 3.45. The van der Waals surface area contributed by atoms with Gasteiger partial charge < -0.3 is 20.3 Å². The smallest absolute Gasteiger partial charge is 0.410 e. The van der Waals surface area contributed by atoms with E-state index in [0.29, 0.717) is 38.5 Å². The fraction of sp³-hybridized carbons (Fsp3) is 0.381. The Kier molecular flexibility index (Phi) is 5.34. The highest BCUT2D eigenvalue weighted by Gasteiger charge is 2.25. The number of aryl methyl sites for hydroxylation is 1. The van der Waals surface area contributed by atoms with Crippen LogP contribution in [0.1, 0.15) is 28.9 Å². The van der Waals surface area contributed by atoms with Gasteiger partial charge in [-0.2, -0.15) is 15.4 Å². The molecule has 1 amide bonds. The Morgan fingerprint density at radius 3 is 3.06 bits per heavy atom. The summed E-state index contributed by atoms with van der Waals surface area (Å²) in [5.74, 6) is 0.605. The maximum Gasteiger partial charge on any atom is 0.410 e. The van der Waals surface area contributed by atoms with Crippen molar-refractivity contribution < 1.29 is 9.53 Å². The number of amides is 1. The Labute approximate surface area is 179 Å². The van der Waals surface area contributed by atoms with Crippen LogP contribution in [0.5, 0.6) is 0 Å². The van der Waals surface area contributed by atoms with Crippen LogP contribution in [0.4, 0.5) is 16.4 Å². The molecule has 5 rings (SSSR count). The van der Waals surface area contributed by atoms with E-state index in [2.05, 4.69) is 48.1 Å². The Morgan fingerprint density at radius 2 is 2.19 bits per heavy atom. The number of para-hydroxylation sites is 1. The molecular weight excluding hydrogens is 396 g/mol. The minimum atomic E-state index is -0.305. The number of H-pyrrole nitrogens is 1. The summed E-state index contributed by atoms with van der Waals surface area (Å²) < 4.78 is 5.41. The summed E-state index contributed by atoms with van der Waals surface area (Å²) in [4.78, 5) is 23.2. The summed E-state index contributed by atoms with van der Waals surface area (Å²) in [6.45, 7) is 1.40. The first-order valence-electron chi connectivity index (χ1n) is 10.5. The standard InChI is InChI=1S/C21H24N8O2/c30-21(31-9-3-5-16-12-23-28-27-16)29-8-7-18-15(13-29)11-22-20(25-18)26-19-10-14-4-1-2-6-17(14)24-19/h1-2,4,6,11-12,19,24H,3,5,7-10,13H2,(H,22,25,26)(H,23,27,28). The van der Waals surface area contributed by atoms with Gasteiger partial charge in [-0.3, -0.25) is 0 Å². The number of hydrogen-bond acceptors (Lipinski definition) is 8. The zero-order chi connectivity index (χ0) is 21.0. The fourth-order valence-electron chi connectivity index (χ4n) is 3.93. The molecule has 10 heteroatoms. The molecular formula is C21H24N8O2. The predicted molar refractivity (Wildman–Crippen MR) is 113 cm³/mol. The molecule has 3 N–H and O–H groups in total. The number of aromatic nitrogens is 5. The van der Waals surface area contributed by atoms with Crippen LogP contribution >= 0.6 is 0 Å². The van der Waals surface area contributed by atoms with Gasteiger partial charge in [0.25, 0.3) is 0 Å². The second-order valence-electron chi connectivity index (χ2n) is 7.72. The van der Waals surface area contributed by atoms with E-state index < -0.39 is 0 Å². The van der Waals surface area contributed by atoms with Crippen LogP contribution in [0.15, 0.2) is 36.7 Å². The lowest BCUT2D eigenvalue weighted by molar-refractivity contribution is 0.0964. The van der Waals surface area contributed by atoms with Crippen LogP contribution in [-0.2, 0) is 30.5 Å². The van der Waals surface area contributed by atoms with Gasteiger partial charge in [-0.25, -0.2) is 14.8 Å². The van der Waals surface area contributed by atoms with Crippen LogP contribution in [0.2, 0.25) is 0 Å². The van der Waals surface area contributed by atoms with E-state index in [4.69, 9.17) is 4.74 Å². The van der Waals surface area contributed by atoms with Crippen molar-refractivity contribution in [3.63, 3.8) is 0 Å². The van der Waals surface area contributed by atoms with Crippen molar-refractivity contribution in [3.8, 4) is 0 Å².